The van der Waals surface area contributed by atoms with Crippen LogP contribution in [0.25, 0.3) is 0 Å². The normalized spacial score (nSPS) is 11.8. The highest BCUT2D eigenvalue weighted by molar-refractivity contribution is 5.78. The molecule has 0 saturated heterocycles. The van der Waals surface area contributed by atoms with Gasteiger partial charge in [0, 0.05) is 6.54 Å². The average Bonchev–Trinajstić information content (AvgIpc) is 2.53. The van der Waals surface area contributed by atoms with Gasteiger partial charge in [0.25, 0.3) is 0 Å². The summed E-state index contributed by atoms with van der Waals surface area (Å²) in [4.78, 5) is 12.1. The minimum atomic E-state index is 0.0485. The van der Waals surface area contributed by atoms with E-state index in [2.05, 4.69) is 24.4 Å². The summed E-state index contributed by atoms with van der Waals surface area (Å²) in [6.07, 6.45) is 0.395. The molecule has 2 aromatic rings. The van der Waals surface area contributed by atoms with Crippen LogP contribution in [0.5, 0.6) is 5.75 Å². The van der Waals surface area contributed by atoms with E-state index in [9.17, 15) is 4.79 Å². The molecule has 1 atom stereocenters. The number of nitrogens with one attached hydrogen (secondary N) is 1. The van der Waals surface area contributed by atoms with Crippen molar-refractivity contribution in [3.63, 3.8) is 0 Å². The Hall–Kier alpha value is -2.29. The first-order valence-electron chi connectivity index (χ1n) is 7.55. The van der Waals surface area contributed by atoms with Crippen molar-refractivity contribution in [2.75, 3.05) is 13.7 Å². The smallest absolute Gasteiger partial charge is 0.224 e. The lowest BCUT2D eigenvalue weighted by atomic mass is 10.0. The maximum Gasteiger partial charge on any atom is 0.224 e. The second kappa shape index (κ2) is 7.64. The van der Waals surface area contributed by atoms with Gasteiger partial charge in [0.15, 0.2) is 0 Å². The lowest BCUT2D eigenvalue weighted by Gasteiger charge is -2.13. The van der Waals surface area contributed by atoms with E-state index in [1.165, 1.54) is 5.56 Å². The number of hydrogen-bond acceptors (Lipinski definition) is 2. The van der Waals surface area contributed by atoms with E-state index in [1.54, 1.807) is 7.11 Å². The van der Waals surface area contributed by atoms with Crippen molar-refractivity contribution in [2.45, 2.75) is 26.2 Å². The van der Waals surface area contributed by atoms with Gasteiger partial charge in [0.05, 0.1) is 13.5 Å². The third-order valence-corrected chi connectivity index (χ3v) is 3.80. The Morgan fingerprint density at radius 1 is 1.18 bits per heavy atom. The Kier molecular flexibility index (Phi) is 5.59. The predicted octanol–water partition coefficient (Wildman–Crippen LogP) is 3.47. The average molecular weight is 297 g/mol. The second-order valence-electron chi connectivity index (χ2n) is 5.60. The van der Waals surface area contributed by atoms with Gasteiger partial charge in [-0.25, -0.2) is 0 Å². The molecule has 0 bridgehead atoms. The number of carbonyl (C=O) groups excluding carboxylic acids is 1. The molecule has 0 aromatic heterocycles. The first-order valence-corrected chi connectivity index (χ1v) is 7.55. The molecule has 2 aromatic carbocycles. The molecule has 2 rings (SSSR count). The van der Waals surface area contributed by atoms with Crippen LogP contribution in [0.3, 0.4) is 0 Å². The predicted molar refractivity (Wildman–Crippen MR) is 89.3 cm³/mol. The van der Waals surface area contributed by atoms with Crippen molar-refractivity contribution in [2.24, 2.45) is 0 Å². The number of hydrogen-bond donors (Lipinski definition) is 1. The number of carbonyl (C=O) groups is 1. The fraction of sp³-hybridized carbons (Fsp3) is 0.316. The lowest BCUT2D eigenvalue weighted by Crippen LogP contribution is -2.28. The number of rotatable bonds is 6. The largest absolute Gasteiger partial charge is 0.496 e. The number of benzene rings is 2. The van der Waals surface area contributed by atoms with Crippen molar-refractivity contribution in [3.05, 3.63) is 65.2 Å². The molecule has 3 heteroatoms. The highest BCUT2D eigenvalue weighted by atomic mass is 16.5. The topological polar surface area (TPSA) is 38.3 Å². The Labute approximate surface area is 132 Å². The quantitative estimate of drug-likeness (QED) is 0.886. The van der Waals surface area contributed by atoms with E-state index in [4.69, 9.17) is 4.74 Å². The number of ether oxygens (including phenoxy) is 1. The molecule has 0 aliphatic heterocycles. The van der Waals surface area contributed by atoms with Crippen molar-refractivity contribution in [3.8, 4) is 5.75 Å². The molecule has 0 saturated carbocycles. The summed E-state index contributed by atoms with van der Waals surface area (Å²) in [5.74, 6) is 1.21. The summed E-state index contributed by atoms with van der Waals surface area (Å²) in [7, 11) is 1.65. The first-order chi connectivity index (χ1) is 10.6. The highest BCUT2D eigenvalue weighted by Gasteiger charge is 2.09. The van der Waals surface area contributed by atoms with Crippen LogP contribution in [-0.4, -0.2) is 19.6 Å². The van der Waals surface area contributed by atoms with Crippen molar-refractivity contribution in [1.29, 1.82) is 0 Å². The van der Waals surface area contributed by atoms with Gasteiger partial charge in [-0.1, -0.05) is 49.4 Å². The summed E-state index contributed by atoms with van der Waals surface area (Å²) in [5, 5.41) is 3.01. The van der Waals surface area contributed by atoms with Crippen LogP contribution in [0.15, 0.2) is 48.5 Å². The summed E-state index contributed by atoms with van der Waals surface area (Å²) in [6.45, 7) is 4.75. The zero-order valence-corrected chi connectivity index (χ0v) is 13.4. The first kappa shape index (κ1) is 16.1. The van der Waals surface area contributed by atoms with Gasteiger partial charge in [-0.2, -0.15) is 0 Å². The fourth-order valence-electron chi connectivity index (χ4n) is 2.46. The van der Waals surface area contributed by atoms with E-state index < -0.39 is 0 Å². The van der Waals surface area contributed by atoms with Crippen LogP contribution >= 0.6 is 0 Å². The summed E-state index contributed by atoms with van der Waals surface area (Å²) in [6, 6.07) is 16.1. The zero-order valence-electron chi connectivity index (χ0n) is 13.4. The molecule has 0 aliphatic rings. The molecule has 0 radical (unpaired) electrons. The Morgan fingerprint density at radius 2 is 1.91 bits per heavy atom. The standard InChI is InChI=1S/C19H23NO2/c1-14-11-16(9-10-18(14)22-3)12-19(21)20-13-15(2)17-7-5-4-6-8-17/h4-11,15H,12-13H2,1-3H3,(H,20,21). The van der Waals surface area contributed by atoms with E-state index in [0.717, 1.165) is 16.9 Å². The summed E-state index contributed by atoms with van der Waals surface area (Å²) >= 11 is 0. The van der Waals surface area contributed by atoms with Crippen molar-refractivity contribution >= 4 is 5.91 Å². The van der Waals surface area contributed by atoms with Gasteiger partial charge in [-0.15, -0.1) is 0 Å². The van der Waals surface area contributed by atoms with Crippen LogP contribution in [0, 0.1) is 6.92 Å². The van der Waals surface area contributed by atoms with Crippen LogP contribution in [0.1, 0.15) is 29.5 Å². The van der Waals surface area contributed by atoms with Gasteiger partial charge in [0.2, 0.25) is 5.91 Å². The van der Waals surface area contributed by atoms with Crippen molar-refractivity contribution in [1.82, 2.24) is 5.32 Å². The molecule has 1 unspecified atom stereocenters. The van der Waals surface area contributed by atoms with Gasteiger partial charge in [0.1, 0.15) is 5.75 Å². The van der Waals surface area contributed by atoms with Crippen molar-refractivity contribution < 1.29 is 9.53 Å². The molecule has 22 heavy (non-hydrogen) atoms. The molecule has 116 valence electrons. The molecular formula is C19H23NO2. The maximum atomic E-state index is 12.1. The molecule has 0 heterocycles. The van der Waals surface area contributed by atoms with Crippen LogP contribution in [0.4, 0.5) is 0 Å². The van der Waals surface area contributed by atoms with E-state index in [-0.39, 0.29) is 5.91 Å². The Bertz CT molecular complexity index is 623. The molecular weight excluding hydrogens is 274 g/mol. The maximum absolute atomic E-state index is 12.1. The number of methoxy groups -OCH3 is 1. The molecule has 0 fully saturated rings. The minimum Gasteiger partial charge on any atom is -0.496 e. The second-order valence-corrected chi connectivity index (χ2v) is 5.60. The van der Waals surface area contributed by atoms with Gasteiger partial charge in [-0.3, -0.25) is 4.79 Å². The molecule has 0 spiro atoms. The lowest BCUT2D eigenvalue weighted by molar-refractivity contribution is -0.120. The third-order valence-electron chi connectivity index (χ3n) is 3.80. The van der Waals surface area contributed by atoms with Gasteiger partial charge in [-0.05, 0) is 35.6 Å². The number of aryl methyl sites for hydroxylation is 1. The highest BCUT2D eigenvalue weighted by Crippen LogP contribution is 2.19. The van der Waals surface area contributed by atoms with E-state index >= 15 is 0 Å². The molecule has 3 nitrogen and oxygen atoms in total. The summed E-state index contributed by atoms with van der Waals surface area (Å²) in [5.41, 5.74) is 3.29. The number of amides is 1. The zero-order chi connectivity index (χ0) is 15.9. The van der Waals surface area contributed by atoms with Gasteiger partial charge < -0.3 is 10.1 Å². The van der Waals surface area contributed by atoms with E-state index in [0.29, 0.717) is 18.9 Å². The Morgan fingerprint density at radius 3 is 2.55 bits per heavy atom. The summed E-state index contributed by atoms with van der Waals surface area (Å²) < 4.78 is 5.23. The minimum absolute atomic E-state index is 0.0485. The molecule has 1 N–H and O–H groups in total. The van der Waals surface area contributed by atoms with Crippen LogP contribution in [-0.2, 0) is 11.2 Å². The third kappa shape index (κ3) is 4.35. The van der Waals surface area contributed by atoms with Gasteiger partial charge >= 0.3 is 0 Å². The Balaban J connectivity index is 1.87. The van der Waals surface area contributed by atoms with E-state index in [1.807, 2.05) is 43.3 Å². The molecule has 0 aliphatic carbocycles. The monoisotopic (exact) mass is 297 g/mol. The van der Waals surface area contributed by atoms with Crippen LogP contribution in [0.2, 0.25) is 0 Å². The van der Waals surface area contributed by atoms with Crippen LogP contribution < -0.4 is 10.1 Å². The molecule has 1 amide bonds. The SMILES string of the molecule is COc1ccc(CC(=O)NCC(C)c2ccccc2)cc1C. The fourth-order valence-corrected chi connectivity index (χ4v) is 2.46.